The van der Waals surface area contributed by atoms with E-state index >= 15 is 0 Å². The van der Waals surface area contributed by atoms with Gasteiger partial charge in [0.25, 0.3) is 0 Å². The number of rotatable bonds is 2. The molecule has 4 heteroatoms. The highest BCUT2D eigenvalue weighted by Gasteiger charge is 2.15. The highest BCUT2D eigenvalue weighted by molar-refractivity contribution is 5.75. The normalized spacial score (nSPS) is 12.9. The number of benzene rings is 2. The Morgan fingerprint density at radius 1 is 1.21 bits per heavy atom. The summed E-state index contributed by atoms with van der Waals surface area (Å²) in [5, 5.41) is 0. The van der Waals surface area contributed by atoms with E-state index in [0.717, 1.165) is 30.2 Å². The summed E-state index contributed by atoms with van der Waals surface area (Å²) in [7, 11) is 1.92. The van der Waals surface area contributed by atoms with Crippen LogP contribution in [0.4, 0.5) is 21.5 Å². The maximum atomic E-state index is 13.1. The minimum Gasteiger partial charge on any atom is -0.493 e. The van der Waals surface area contributed by atoms with E-state index in [2.05, 4.69) is 6.07 Å². The van der Waals surface area contributed by atoms with Crippen LogP contribution in [0.2, 0.25) is 0 Å². The summed E-state index contributed by atoms with van der Waals surface area (Å²) in [5.74, 6) is 0.626. The first-order valence-electron chi connectivity index (χ1n) is 6.19. The van der Waals surface area contributed by atoms with Crippen molar-refractivity contribution in [3.63, 3.8) is 0 Å². The quantitative estimate of drug-likeness (QED) is 0.841. The van der Waals surface area contributed by atoms with Gasteiger partial charge in [-0.1, -0.05) is 0 Å². The Labute approximate surface area is 111 Å². The lowest BCUT2D eigenvalue weighted by atomic mass is 10.1. The lowest BCUT2D eigenvalue weighted by Gasteiger charge is -2.21. The highest BCUT2D eigenvalue weighted by Crippen LogP contribution is 2.34. The van der Waals surface area contributed by atoms with Gasteiger partial charge < -0.3 is 15.4 Å². The molecule has 0 radical (unpaired) electrons. The maximum absolute atomic E-state index is 13.1. The van der Waals surface area contributed by atoms with Crippen LogP contribution in [0, 0.1) is 5.82 Å². The molecule has 0 aliphatic carbocycles. The van der Waals surface area contributed by atoms with E-state index in [1.165, 1.54) is 17.7 Å². The van der Waals surface area contributed by atoms with E-state index in [1.54, 1.807) is 6.07 Å². The van der Waals surface area contributed by atoms with Gasteiger partial charge in [0.1, 0.15) is 11.6 Å². The Hall–Kier alpha value is -2.23. The molecule has 1 aliphatic rings. The molecule has 0 bridgehead atoms. The fraction of sp³-hybridized carbons (Fsp3) is 0.200. The molecule has 2 N–H and O–H groups in total. The molecule has 0 aromatic heterocycles. The molecule has 0 atom stereocenters. The van der Waals surface area contributed by atoms with E-state index in [0.29, 0.717) is 5.69 Å². The van der Waals surface area contributed by atoms with Gasteiger partial charge in [0.15, 0.2) is 0 Å². The molecule has 0 amide bonds. The van der Waals surface area contributed by atoms with E-state index in [4.69, 9.17) is 10.5 Å². The molecule has 0 fully saturated rings. The van der Waals surface area contributed by atoms with Crippen molar-refractivity contribution in [3.05, 3.63) is 47.8 Å². The van der Waals surface area contributed by atoms with Crippen LogP contribution in [0.3, 0.4) is 0 Å². The van der Waals surface area contributed by atoms with Crippen molar-refractivity contribution in [2.24, 2.45) is 0 Å². The Morgan fingerprint density at radius 2 is 2.05 bits per heavy atom. The predicted octanol–water partition coefficient (Wildman–Crippen LogP) is 3.11. The molecular formula is C15H15FN2O. The van der Waals surface area contributed by atoms with Gasteiger partial charge in [0.2, 0.25) is 0 Å². The zero-order chi connectivity index (χ0) is 13.4. The monoisotopic (exact) mass is 258 g/mol. The van der Waals surface area contributed by atoms with E-state index < -0.39 is 0 Å². The number of hydrogen-bond acceptors (Lipinski definition) is 3. The fourth-order valence-corrected chi connectivity index (χ4v) is 2.35. The van der Waals surface area contributed by atoms with Crippen LogP contribution in [0.1, 0.15) is 5.56 Å². The third kappa shape index (κ3) is 2.10. The molecular weight excluding hydrogens is 243 g/mol. The largest absolute Gasteiger partial charge is 0.493 e. The van der Waals surface area contributed by atoms with Crippen LogP contribution < -0.4 is 15.4 Å². The minimum atomic E-state index is -0.322. The molecule has 0 saturated heterocycles. The number of nitrogens with two attached hydrogens (primary N) is 1. The summed E-state index contributed by atoms with van der Waals surface area (Å²) in [6.07, 6.45) is 0.927. The summed E-state index contributed by atoms with van der Waals surface area (Å²) >= 11 is 0. The first kappa shape index (κ1) is 11.8. The first-order chi connectivity index (χ1) is 9.15. The SMILES string of the molecule is CN(c1ccc2c(c1)CCO2)c1ccc(F)cc1N. The number of nitrogens with zero attached hydrogens (tertiary/aromatic N) is 1. The van der Waals surface area contributed by atoms with Gasteiger partial charge >= 0.3 is 0 Å². The standard InChI is InChI=1S/C15H15FN2O/c1-18(14-4-2-11(16)9-13(14)17)12-3-5-15-10(8-12)6-7-19-15/h2-5,8-9H,6-7,17H2,1H3. The Kier molecular flexibility index (Phi) is 2.78. The van der Waals surface area contributed by atoms with Crippen LogP contribution in [-0.4, -0.2) is 13.7 Å². The first-order valence-corrected chi connectivity index (χ1v) is 6.19. The molecule has 2 aromatic rings. The molecule has 2 aromatic carbocycles. The zero-order valence-electron chi connectivity index (χ0n) is 10.7. The van der Waals surface area contributed by atoms with Crippen LogP contribution >= 0.6 is 0 Å². The van der Waals surface area contributed by atoms with Gasteiger partial charge in [-0.05, 0) is 42.0 Å². The smallest absolute Gasteiger partial charge is 0.125 e. The lowest BCUT2D eigenvalue weighted by molar-refractivity contribution is 0.357. The molecule has 1 heterocycles. The second kappa shape index (κ2) is 4.46. The summed E-state index contributed by atoms with van der Waals surface area (Å²) in [4.78, 5) is 1.95. The van der Waals surface area contributed by atoms with E-state index in [-0.39, 0.29) is 5.82 Å². The number of anilines is 3. The Bertz CT molecular complexity index is 628. The van der Waals surface area contributed by atoms with Crippen molar-refractivity contribution in [1.82, 2.24) is 0 Å². The van der Waals surface area contributed by atoms with Gasteiger partial charge in [0.05, 0.1) is 18.0 Å². The summed E-state index contributed by atoms with van der Waals surface area (Å²) in [5.41, 5.74) is 9.30. The molecule has 3 rings (SSSR count). The number of halogens is 1. The summed E-state index contributed by atoms with van der Waals surface area (Å²) < 4.78 is 18.6. The van der Waals surface area contributed by atoms with Crippen molar-refractivity contribution >= 4 is 17.1 Å². The third-order valence-corrected chi connectivity index (χ3v) is 3.41. The molecule has 98 valence electrons. The molecule has 0 spiro atoms. The Balaban J connectivity index is 1.97. The summed E-state index contributed by atoms with van der Waals surface area (Å²) in [6.45, 7) is 0.737. The highest BCUT2D eigenvalue weighted by atomic mass is 19.1. The molecule has 19 heavy (non-hydrogen) atoms. The van der Waals surface area contributed by atoms with Gasteiger partial charge in [0, 0.05) is 19.2 Å². The van der Waals surface area contributed by atoms with Crippen molar-refractivity contribution in [3.8, 4) is 5.75 Å². The average molecular weight is 258 g/mol. The van der Waals surface area contributed by atoms with E-state index in [9.17, 15) is 4.39 Å². The van der Waals surface area contributed by atoms with Crippen molar-refractivity contribution in [1.29, 1.82) is 0 Å². The van der Waals surface area contributed by atoms with Gasteiger partial charge in [-0.2, -0.15) is 0 Å². The van der Waals surface area contributed by atoms with Gasteiger partial charge in [-0.25, -0.2) is 4.39 Å². The molecule has 0 unspecified atom stereocenters. The zero-order valence-corrected chi connectivity index (χ0v) is 10.7. The van der Waals surface area contributed by atoms with Gasteiger partial charge in [-0.15, -0.1) is 0 Å². The second-order valence-electron chi connectivity index (χ2n) is 4.65. The molecule has 3 nitrogen and oxygen atoms in total. The number of ether oxygens (including phenoxy) is 1. The topological polar surface area (TPSA) is 38.5 Å². The van der Waals surface area contributed by atoms with Crippen molar-refractivity contribution in [2.45, 2.75) is 6.42 Å². The number of fused-ring (bicyclic) bond motifs is 1. The van der Waals surface area contributed by atoms with Crippen LogP contribution in [0.15, 0.2) is 36.4 Å². The van der Waals surface area contributed by atoms with Crippen LogP contribution in [-0.2, 0) is 6.42 Å². The third-order valence-electron chi connectivity index (χ3n) is 3.41. The Morgan fingerprint density at radius 3 is 2.84 bits per heavy atom. The predicted molar refractivity (Wildman–Crippen MR) is 74.5 cm³/mol. The molecule has 0 saturated carbocycles. The van der Waals surface area contributed by atoms with E-state index in [1.807, 2.05) is 24.1 Å². The van der Waals surface area contributed by atoms with Gasteiger partial charge in [-0.3, -0.25) is 0 Å². The van der Waals surface area contributed by atoms with Crippen molar-refractivity contribution in [2.75, 3.05) is 24.3 Å². The fourth-order valence-electron chi connectivity index (χ4n) is 2.35. The second-order valence-corrected chi connectivity index (χ2v) is 4.65. The van der Waals surface area contributed by atoms with Crippen molar-refractivity contribution < 1.29 is 9.13 Å². The lowest BCUT2D eigenvalue weighted by Crippen LogP contribution is -2.11. The minimum absolute atomic E-state index is 0.322. The molecule has 1 aliphatic heterocycles. The average Bonchev–Trinajstić information content (AvgIpc) is 2.85. The van der Waals surface area contributed by atoms with Crippen LogP contribution in [0.5, 0.6) is 5.75 Å². The number of hydrogen-bond donors (Lipinski definition) is 1. The number of nitrogen functional groups attached to an aromatic ring is 1. The summed E-state index contributed by atoms with van der Waals surface area (Å²) in [6, 6.07) is 10.5. The maximum Gasteiger partial charge on any atom is 0.125 e. The van der Waals surface area contributed by atoms with Crippen LogP contribution in [0.25, 0.3) is 0 Å².